The third-order valence-corrected chi connectivity index (χ3v) is 9.89. The normalized spacial score (nSPS) is 15.9. The van der Waals surface area contributed by atoms with Gasteiger partial charge in [0.15, 0.2) is 22.9 Å². The average Bonchev–Trinajstić information content (AvgIpc) is 3.99. The number of aromatic nitrogens is 3. The van der Waals surface area contributed by atoms with Crippen LogP contribution in [0.25, 0.3) is 0 Å². The van der Waals surface area contributed by atoms with Crippen LogP contribution in [0.2, 0.25) is 0 Å². The van der Waals surface area contributed by atoms with Gasteiger partial charge in [-0.2, -0.15) is 0 Å². The van der Waals surface area contributed by atoms with Crippen LogP contribution in [0.3, 0.4) is 0 Å². The highest BCUT2D eigenvalue weighted by Gasteiger charge is 2.45. The maximum Gasteiger partial charge on any atom is 0.416 e. The summed E-state index contributed by atoms with van der Waals surface area (Å²) in [4.78, 5) is 83.2. The van der Waals surface area contributed by atoms with E-state index in [1.165, 1.54) is 76.3 Å². The van der Waals surface area contributed by atoms with Gasteiger partial charge in [0.05, 0.1) is 36.7 Å². The number of anilines is 3. The van der Waals surface area contributed by atoms with Gasteiger partial charge in [-0.15, -0.1) is 11.3 Å². The first-order chi connectivity index (χ1) is 27.3. The first-order valence-electron chi connectivity index (χ1n) is 17.5. The zero-order valence-corrected chi connectivity index (χ0v) is 31.9. The van der Waals surface area contributed by atoms with E-state index >= 15 is 0 Å². The fourth-order valence-corrected chi connectivity index (χ4v) is 7.15. The fourth-order valence-electron chi connectivity index (χ4n) is 6.45. The molecule has 6 rings (SSSR count). The van der Waals surface area contributed by atoms with E-state index in [4.69, 9.17) is 18.9 Å². The van der Waals surface area contributed by atoms with Crippen molar-refractivity contribution in [1.82, 2.24) is 19.0 Å². The van der Waals surface area contributed by atoms with Crippen LogP contribution in [0, 0.1) is 0 Å². The molecule has 4 aromatic rings. The second-order valence-corrected chi connectivity index (χ2v) is 13.8. The maximum absolute atomic E-state index is 13.6. The van der Waals surface area contributed by atoms with Gasteiger partial charge in [0, 0.05) is 57.0 Å². The summed E-state index contributed by atoms with van der Waals surface area (Å²) in [7, 11) is 4.47. The molecule has 1 fully saturated rings. The monoisotopic (exact) mass is 805 g/mol. The molecule has 0 aliphatic carbocycles. The van der Waals surface area contributed by atoms with Crippen molar-refractivity contribution in [2.75, 3.05) is 42.4 Å². The minimum absolute atomic E-state index is 0.00566. The highest BCUT2D eigenvalue weighted by atomic mass is 32.1. The van der Waals surface area contributed by atoms with E-state index in [-0.39, 0.29) is 88.4 Å². The molecule has 20 heteroatoms. The Morgan fingerprint density at radius 2 is 1.82 bits per heavy atom. The van der Waals surface area contributed by atoms with Gasteiger partial charge in [-0.3, -0.25) is 14.4 Å². The minimum atomic E-state index is -1.38. The number of aromatic carboxylic acids is 1. The van der Waals surface area contributed by atoms with E-state index in [0.717, 1.165) is 16.2 Å². The summed E-state index contributed by atoms with van der Waals surface area (Å²) in [6.45, 7) is 3.89. The number of aliphatic hydroxyl groups excluding tert-OH is 1. The Labute approximate surface area is 329 Å². The Kier molecular flexibility index (Phi) is 11.9. The van der Waals surface area contributed by atoms with Crippen LogP contribution >= 0.6 is 11.3 Å². The summed E-state index contributed by atoms with van der Waals surface area (Å²) >= 11 is 1.03. The van der Waals surface area contributed by atoms with Crippen LogP contribution in [0.1, 0.15) is 67.5 Å². The van der Waals surface area contributed by atoms with E-state index in [2.05, 4.69) is 22.2 Å². The lowest BCUT2D eigenvalue weighted by atomic mass is 10.1. The third-order valence-electron chi connectivity index (χ3n) is 9.13. The number of hydrogen-bond acceptors (Lipinski definition) is 13. The van der Waals surface area contributed by atoms with Gasteiger partial charge in [-0.1, -0.05) is 12.7 Å². The van der Waals surface area contributed by atoms with Crippen molar-refractivity contribution in [3.05, 3.63) is 77.3 Å². The van der Waals surface area contributed by atoms with Crippen LogP contribution in [0.15, 0.2) is 54.7 Å². The molecule has 2 atom stereocenters. The lowest BCUT2D eigenvalue weighted by molar-refractivity contribution is -0.116. The molecular weight excluding hydrogens is 767 g/mol. The summed E-state index contributed by atoms with van der Waals surface area (Å²) in [5.41, 5.74) is 0.516. The van der Waals surface area contributed by atoms with Crippen LogP contribution in [0.5, 0.6) is 17.2 Å². The van der Waals surface area contributed by atoms with E-state index < -0.39 is 42.1 Å². The van der Waals surface area contributed by atoms with Crippen LogP contribution in [0.4, 0.5) is 21.3 Å². The molecule has 19 nitrogen and oxygen atoms in total. The number of hydrogen-bond donors (Lipinski definition) is 4. The van der Waals surface area contributed by atoms with Crippen LogP contribution in [-0.2, 0) is 23.6 Å². The van der Waals surface area contributed by atoms with Gasteiger partial charge in [-0.05, 0) is 31.4 Å². The Hall–Kier alpha value is -6.67. The smallest absolute Gasteiger partial charge is 0.416 e. The Morgan fingerprint density at radius 1 is 1.05 bits per heavy atom. The number of carboxylic acids is 1. The molecule has 0 spiro atoms. The molecule has 1 unspecified atom stereocenters. The highest BCUT2D eigenvalue weighted by molar-refractivity contribution is 7.14. The van der Waals surface area contributed by atoms with Gasteiger partial charge >= 0.3 is 18.0 Å². The van der Waals surface area contributed by atoms with Crippen molar-refractivity contribution < 1.29 is 57.9 Å². The summed E-state index contributed by atoms with van der Waals surface area (Å²) < 4.78 is 24.7. The molecule has 5 heterocycles. The molecule has 2 aliphatic rings. The first kappa shape index (κ1) is 40.0. The molecule has 3 aromatic heterocycles. The molecule has 300 valence electrons. The third kappa shape index (κ3) is 8.60. The number of nitrogens with zero attached hydrogens (tertiary/aromatic N) is 5. The molecule has 2 aliphatic heterocycles. The number of nitrogens with one attached hydrogen (secondary N) is 2. The molecule has 0 saturated carbocycles. The van der Waals surface area contributed by atoms with Crippen molar-refractivity contribution in [3.8, 4) is 17.2 Å². The molecular formula is C37H39N7O12S. The highest BCUT2D eigenvalue weighted by Crippen LogP contribution is 2.41. The van der Waals surface area contributed by atoms with Gasteiger partial charge in [-0.25, -0.2) is 24.3 Å². The Balaban J connectivity index is 1.03. The second-order valence-electron chi connectivity index (χ2n) is 13.0. The first-order valence-corrected chi connectivity index (χ1v) is 18.4. The number of benzene rings is 1. The summed E-state index contributed by atoms with van der Waals surface area (Å²) in [6, 6.07) is 4.86. The molecule has 0 bridgehead atoms. The van der Waals surface area contributed by atoms with E-state index in [1.807, 2.05) is 0 Å². The van der Waals surface area contributed by atoms with Crippen molar-refractivity contribution in [3.63, 3.8) is 0 Å². The Bertz CT molecular complexity index is 2240. The SMILES string of the molecule is C=CCOC(=O)N1c2cc(OCCCC(=O)Nc3nc(C(=O)Nc4cc(C(=O)Oc5cc(C(=O)O)n(C)c5)n(C)c4)cs3)c(OC)cc2C(=O)N2CCC[C@H]2C1O. The number of aryl methyl sites for hydroxylation is 2. The standard InChI is InChI=1S/C37H39N7O12S/c1-5-11-55-37(52)44-25-16-29(28(53-4)15-22(25)32(47)43-10-6-8-24(43)33(44)48)54-12-7-9-30(45)40-36-39-23(19-57-36)31(46)38-20-13-27(41(2)17-20)35(51)56-21-14-26(34(49)50)42(3)18-21/h5,13-19,24,33,48H,1,6-12H2,2-4H3,(H,38,46)(H,49,50)(H,39,40,45)/t24-,33?/m0/s1. The van der Waals surface area contributed by atoms with Crippen molar-refractivity contribution in [2.24, 2.45) is 14.1 Å². The number of rotatable bonds is 14. The van der Waals surface area contributed by atoms with Crippen LogP contribution < -0.4 is 29.7 Å². The molecule has 4 amide bonds. The number of ether oxygens (including phenoxy) is 4. The van der Waals surface area contributed by atoms with Crippen LogP contribution in [-0.4, -0.2) is 104 Å². The number of fused-ring (bicyclic) bond motifs is 2. The van der Waals surface area contributed by atoms with Crippen molar-refractivity contribution in [2.45, 2.75) is 38.0 Å². The molecule has 0 radical (unpaired) electrons. The number of amides is 4. The minimum Gasteiger partial charge on any atom is -0.493 e. The number of aliphatic hydroxyl groups is 1. The molecule has 1 aromatic carbocycles. The second kappa shape index (κ2) is 17.0. The van der Waals surface area contributed by atoms with Crippen molar-refractivity contribution in [1.29, 1.82) is 0 Å². The lowest BCUT2D eigenvalue weighted by Crippen LogP contribution is -2.50. The van der Waals surface area contributed by atoms with E-state index in [9.17, 15) is 39.0 Å². The predicted molar refractivity (Wildman–Crippen MR) is 203 cm³/mol. The number of esters is 1. The fraction of sp³-hybridized carbons (Fsp3) is 0.324. The van der Waals surface area contributed by atoms with E-state index in [0.29, 0.717) is 19.4 Å². The quantitative estimate of drug-likeness (QED) is 0.0807. The number of carboxylic acid groups (broad SMARTS) is 1. The summed E-state index contributed by atoms with van der Waals surface area (Å²) in [6.07, 6.45) is 3.39. The maximum atomic E-state index is 13.6. The number of carbonyl (C=O) groups is 6. The topological polar surface area (TPSA) is 233 Å². The summed E-state index contributed by atoms with van der Waals surface area (Å²) in [5, 5.41) is 27.4. The average molecular weight is 806 g/mol. The van der Waals surface area contributed by atoms with Gasteiger partial charge in [0.25, 0.3) is 11.8 Å². The Morgan fingerprint density at radius 3 is 2.54 bits per heavy atom. The lowest BCUT2D eigenvalue weighted by Gasteiger charge is -2.31. The summed E-state index contributed by atoms with van der Waals surface area (Å²) in [5.74, 6) is -2.90. The number of methoxy groups -OCH3 is 1. The van der Waals surface area contributed by atoms with Gasteiger partial charge in [0.2, 0.25) is 5.91 Å². The predicted octanol–water partition coefficient (Wildman–Crippen LogP) is 3.86. The van der Waals surface area contributed by atoms with E-state index in [1.54, 1.807) is 7.05 Å². The zero-order chi connectivity index (χ0) is 41.0. The number of thiazole rings is 1. The molecule has 1 saturated heterocycles. The zero-order valence-electron chi connectivity index (χ0n) is 31.1. The van der Waals surface area contributed by atoms with Crippen molar-refractivity contribution >= 4 is 63.6 Å². The van der Waals surface area contributed by atoms with Gasteiger partial charge < -0.3 is 53.8 Å². The van der Waals surface area contributed by atoms with Gasteiger partial charge in [0.1, 0.15) is 29.4 Å². The molecule has 4 N–H and O–H groups in total. The largest absolute Gasteiger partial charge is 0.493 e. The number of carbonyl (C=O) groups excluding carboxylic acids is 5. The molecule has 57 heavy (non-hydrogen) atoms.